The molecule has 2 rings (SSSR count). The predicted octanol–water partition coefficient (Wildman–Crippen LogP) is 1.85. The van der Waals surface area contributed by atoms with Crippen molar-refractivity contribution in [2.75, 3.05) is 18.2 Å². The van der Waals surface area contributed by atoms with E-state index in [4.69, 9.17) is 4.74 Å². The number of thioether (sulfide) groups is 1. The van der Waals surface area contributed by atoms with Crippen LogP contribution in [0.1, 0.15) is 5.82 Å². The van der Waals surface area contributed by atoms with E-state index in [0.29, 0.717) is 16.6 Å². The lowest BCUT2D eigenvalue weighted by Crippen LogP contribution is -2.14. The zero-order valence-corrected chi connectivity index (χ0v) is 11.5. The number of nitrogens with one attached hydrogen (secondary N) is 2. The van der Waals surface area contributed by atoms with E-state index >= 15 is 0 Å². The Bertz CT molecular complexity index is 570. The molecule has 0 aliphatic heterocycles. The smallest absolute Gasteiger partial charge is 0.234 e. The summed E-state index contributed by atoms with van der Waals surface area (Å²) in [6.45, 7) is 1.81. The molecule has 100 valence electrons. The van der Waals surface area contributed by atoms with Gasteiger partial charge in [-0.05, 0) is 19.1 Å². The van der Waals surface area contributed by atoms with Crippen molar-refractivity contribution in [1.29, 1.82) is 0 Å². The highest BCUT2D eigenvalue weighted by atomic mass is 32.2. The average molecular weight is 278 g/mol. The van der Waals surface area contributed by atoms with Gasteiger partial charge in [-0.3, -0.25) is 9.89 Å². The molecule has 0 saturated carbocycles. The lowest BCUT2D eigenvalue weighted by molar-refractivity contribution is -0.113. The zero-order valence-electron chi connectivity index (χ0n) is 10.6. The van der Waals surface area contributed by atoms with Gasteiger partial charge < -0.3 is 10.1 Å². The molecule has 2 N–H and O–H groups in total. The molecule has 0 saturated heterocycles. The van der Waals surface area contributed by atoms with E-state index < -0.39 is 0 Å². The number of ether oxygens (including phenoxy) is 1. The topological polar surface area (TPSA) is 79.9 Å². The molecular formula is C12H14N4O2S. The molecule has 2 aromatic rings. The Hall–Kier alpha value is -2.02. The van der Waals surface area contributed by atoms with Gasteiger partial charge in [-0.25, -0.2) is 4.98 Å². The third kappa shape index (κ3) is 3.72. The summed E-state index contributed by atoms with van der Waals surface area (Å²) in [7, 11) is 1.57. The number of amides is 1. The maximum absolute atomic E-state index is 11.8. The fraction of sp³-hybridized carbons (Fsp3) is 0.250. The molecule has 1 aromatic carbocycles. The second-order valence-electron chi connectivity index (χ2n) is 3.74. The Kier molecular flexibility index (Phi) is 4.40. The minimum Gasteiger partial charge on any atom is -0.495 e. The van der Waals surface area contributed by atoms with Crippen LogP contribution in [0.4, 0.5) is 5.69 Å². The fourth-order valence-corrected chi connectivity index (χ4v) is 2.10. The van der Waals surface area contributed by atoms with E-state index in [9.17, 15) is 4.79 Å². The summed E-state index contributed by atoms with van der Waals surface area (Å²) >= 11 is 1.28. The number of methoxy groups -OCH3 is 1. The largest absolute Gasteiger partial charge is 0.495 e. The van der Waals surface area contributed by atoms with E-state index in [0.717, 1.165) is 5.82 Å². The molecule has 19 heavy (non-hydrogen) atoms. The first kappa shape index (κ1) is 13.4. The third-order valence-corrected chi connectivity index (χ3v) is 3.14. The Morgan fingerprint density at radius 1 is 1.47 bits per heavy atom. The zero-order chi connectivity index (χ0) is 13.7. The summed E-state index contributed by atoms with van der Waals surface area (Å²) in [5, 5.41) is 10.0. The molecule has 0 unspecified atom stereocenters. The molecular weight excluding hydrogens is 264 g/mol. The first-order valence-electron chi connectivity index (χ1n) is 5.63. The van der Waals surface area contributed by atoms with Crippen molar-refractivity contribution in [3.63, 3.8) is 0 Å². The summed E-state index contributed by atoms with van der Waals surface area (Å²) < 4.78 is 5.16. The minimum absolute atomic E-state index is 0.128. The number of benzene rings is 1. The van der Waals surface area contributed by atoms with Gasteiger partial charge in [-0.15, -0.1) is 5.10 Å². The van der Waals surface area contributed by atoms with Gasteiger partial charge in [-0.2, -0.15) is 0 Å². The van der Waals surface area contributed by atoms with Crippen molar-refractivity contribution >= 4 is 23.4 Å². The molecule has 6 nitrogen and oxygen atoms in total. The minimum atomic E-state index is -0.128. The van der Waals surface area contributed by atoms with Crippen LogP contribution in [0, 0.1) is 6.92 Å². The number of nitrogens with zero attached hydrogens (tertiary/aromatic N) is 2. The molecule has 1 heterocycles. The van der Waals surface area contributed by atoms with Crippen LogP contribution in [0.25, 0.3) is 0 Å². The predicted molar refractivity (Wildman–Crippen MR) is 73.5 cm³/mol. The Labute approximate surface area is 115 Å². The fourth-order valence-electron chi connectivity index (χ4n) is 1.45. The highest BCUT2D eigenvalue weighted by molar-refractivity contribution is 7.99. The molecule has 0 bridgehead atoms. The van der Waals surface area contributed by atoms with Crippen molar-refractivity contribution in [2.45, 2.75) is 12.1 Å². The lowest BCUT2D eigenvalue weighted by atomic mass is 10.3. The molecule has 0 spiro atoms. The van der Waals surface area contributed by atoms with Crippen LogP contribution in [-0.2, 0) is 4.79 Å². The number of aryl methyl sites for hydroxylation is 1. The van der Waals surface area contributed by atoms with Crippen molar-refractivity contribution in [2.24, 2.45) is 0 Å². The SMILES string of the molecule is COc1ccccc1NC(=O)CSc1n[nH]c(C)n1. The number of para-hydroxylation sites is 2. The number of hydrogen-bond acceptors (Lipinski definition) is 5. The molecule has 0 radical (unpaired) electrons. The molecule has 0 atom stereocenters. The molecule has 1 aromatic heterocycles. The van der Waals surface area contributed by atoms with E-state index in [1.54, 1.807) is 19.2 Å². The summed E-state index contributed by atoms with van der Waals surface area (Å²) in [6, 6.07) is 7.27. The number of hydrogen-bond donors (Lipinski definition) is 2. The van der Waals surface area contributed by atoms with Gasteiger partial charge in [0.25, 0.3) is 0 Å². The van der Waals surface area contributed by atoms with Crippen LogP contribution in [0.5, 0.6) is 5.75 Å². The van der Waals surface area contributed by atoms with E-state index in [1.807, 2.05) is 19.1 Å². The van der Waals surface area contributed by atoms with Gasteiger partial charge in [0.15, 0.2) is 0 Å². The first-order chi connectivity index (χ1) is 9.19. The number of rotatable bonds is 5. The quantitative estimate of drug-likeness (QED) is 0.816. The number of anilines is 1. The van der Waals surface area contributed by atoms with Crippen molar-refractivity contribution in [3.8, 4) is 5.75 Å². The second-order valence-corrected chi connectivity index (χ2v) is 4.68. The summed E-state index contributed by atoms with van der Waals surface area (Å²) in [5.41, 5.74) is 0.654. The van der Waals surface area contributed by atoms with E-state index in [-0.39, 0.29) is 11.7 Å². The molecule has 0 aliphatic rings. The van der Waals surface area contributed by atoms with E-state index in [2.05, 4.69) is 20.5 Å². The molecule has 1 amide bonds. The number of H-pyrrole nitrogens is 1. The Balaban J connectivity index is 1.90. The summed E-state index contributed by atoms with van der Waals surface area (Å²) in [5.74, 6) is 1.48. The summed E-state index contributed by atoms with van der Waals surface area (Å²) in [4.78, 5) is 15.9. The van der Waals surface area contributed by atoms with Crippen LogP contribution in [0.15, 0.2) is 29.4 Å². The first-order valence-corrected chi connectivity index (χ1v) is 6.62. The van der Waals surface area contributed by atoms with Gasteiger partial charge >= 0.3 is 0 Å². The average Bonchev–Trinajstić information content (AvgIpc) is 2.83. The van der Waals surface area contributed by atoms with Crippen LogP contribution < -0.4 is 10.1 Å². The monoisotopic (exact) mass is 278 g/mol. The Morgan fingerprint density at radius 3 is 2.95 bits per heavy atom. The molecule has 0 aliphatic carbocycles. The molecule has 7 heteroatoms. The number of aromatic nitrogens is 3. The van der Waals surface area contributed by atoms with Gasteiger partial charge in [-0.1, -0.05) is 23.9 Å². The van der Waals surface area contributed by atoms with Gasteiger partial charge in [0.05, 0.1) is 18.6 Å². The highest BCUT2D eigenvalue weighted by Crippen LogP contribution is 2.23. The van der Waals surface area contributed by atoms with Crippen LogP contribution >= 0.6 is 11.8 Å². The molecule has 0 fully saturated rings. The maximum Gasteiger partial charge on any atom is 0.234 e. The normalized spacial score (nSPS) is 10.2. The lowest BCUT2D eigenvalue weighted by Gasteiger charge is -2.08. The number of carbonyl (C=O) groups is 1. The standard InChI is InChI=1S/C12H14N4O2S/c1-8-13-12(16-15-8)19-7-11(17)14-9-5-3-4-6-10(9)18-2/h3-6H,7H2,1-2H3,(H,14,17)(H,13,15,16). The van der Waals surface area contributed by atoms with Gasteiger partial charge in [0, 0.05) is 0 Å². The number of carbonyl (C=O) groups excluding carboxylic acids is 1. The van der Waals surface area contributed by atoms with Gasteiger partial charge in [0.1, 0.15) is 11.6 Å². The van der Waals surface area contributed by atoms with Gasteiger partial charge in [0.2, 0.25) is 11.1 Å². The summed E-state index contributed by atoms with van der Waals surface area (Å²) in [6.07, 6.45) is 0. The van der Waals surface area contributed by atoms with Crippen molar-refractivity contribution in [3.05, 3.63) is 30.1 Å². The third-order valence-electron chi connectivity index (χ3n) is 2.29. The van der Waals surface area contributed by atoms with Crippen molar-refractivity contribution in [1.82, 2.24) is 15.2 Å². The maximum atomic E-state index is 11.8. The van der Waals surface area contributed by atoms with Crippen LogP contribution in [0.2, 0.25) is 0 Å². The highest BCUT2D eigenvalue weighted by Gasteiger charge is 2.09. The van der Waals surface area contributed by atoms with E-state index in [1.165, 1.54) is 11.8 Å². The second kappa shape index (κ2) is 6.24. The Morgan fingerprint density at radius 2 is 2.26 bits per heavy atom. The van der Waals surface area contributed by atoms with Crippen molar-refractivity contribution < 1.29 is 9.53 Å². The van der Waals surface area contributed by atoms with Crippen LogP contribution in [-0.4, -0.2) is 34.0 Å². The van der Waals surface area contributed by atoms with Crippen LogP contribution in [0.3, 0.4) is 0 Å². The number of aromatic amines is 1.